The van der Waals surface area contributed by atoms with Gasteiger partial charge in [0.15, 0.2) is 5.43 Å². The highest BCUT2D eigenvalue weighted by Gasteiger charge is 2.22. The number of halogens is 1. The van der Waals surface area contributed by atoms with Gasteiger partial charge in [-0.2, -0.15) is 0 Å². The molecule has 3 N–H and O–H groups in total. The van der Waals surface area contributed by atoms with Gasteiger partial charge in [-0.15, -0.1) is 0 Å². The molecule has 1 aliphatic rings. The molecule has 2 aromatic carbocycles. The average Bonchev–Trinajstić information content (AvgIpc) is 2.89. The first-order valence-corrected chi connectivity index (χ1v) is 11.9. The first kappa shape index (κ1) is 23.1. The lowest BCUT2D eigenvalue weighted by Crippen LogP contribution is -2.33. The number of ether oxygens (including phenoxy) is 1. The van der Waals surface area contributed by atoms with E-state index in [1.165, 1.54) is 0 Å². The molecule has 0 spiro atoms. The number of hydrogen-bond acceptors (Lipinski definition) is 5. The van der Waals surface area contributed by atoms with Crippen LogP contribution in [0.3, 0.4) is 0 Å². The summed E-state index contributed by atoms with van der Waals surface area (Å²) in [5.41, 5.74) is 2.11. The van der Waals surface area contributed by atoms with Gasteiger partial charge < -0.3 is 20.4 Å². The lowest BCUT2D eigenvalue weighted by molar-refractivity contribution is 0.0904. The van der Waals surface area contributed by atoms with Crippen LogP contribution in [-0.4, -0.2) is 35.1 Å². The van der Waals surface area contributed by atoms with Gasteiger partial charge >= 0.3 is 0 Å². The number of amides is 1. The lowest BCUT2D eigenvalue weighted by atomic mass is 9.98. The van der Waals surface area contributed by atoms with Gasteiger partial charge in [-0.1, -0.05) is 41.9 Å². The van der Waals surface area contributed by atoms with E-state index in [0.29, 0.717) is 33.1 Å². The number of nitrogens with zero attached hydrogens (tertiary/aromatic N) is 1. The van der Waals surface area contributed by atoms with Crippen molar-refractivity contribution >= 4 is 34.2 Å². The minimum absolute atomic E-state index is 0.168. The van der Waals surface area contributed by atoms with Crippen molar-refractivity contribution in [1.82, 2.24) is 15.3 Å². The van der Waals surface area contributed by atoms with E-state index in [2.05, 4.69) is 20.6 Å². The van der Waals surface area contributed by atoms with E-state index >= 15 is 0 Å². The second-order valence-corrected chi connectivity index (χ2v) is 8.98. The Morgan fingerprint density at radius 2 is 1.89 bits per heavy atom. The van der Waals surface area contributed by atoms with E-state index in [-0.39, 0.29) is 11.3 Å². The average molecular weight is 489 g/mol. The maximum absolute atomic E-state index is 13.4. The molecule has 1 fully saturated rings. The Bertz CT molecular complexity index is 1380. The summed E-state index contributed by atoms with van der Waals surface area (Å²) in [6, 6.07) is 17.7. The van der Waals surface area contributed by atoms with Gasteiger partial charge in [-0.25, -0.2) is 4.98 Å². The van der Waals surface area contributed by atoms with Crippen molar-refractivity contribution in [2.45, 2.75) is 24.9 Å². The number of pyridine rings is 2. The summed E-state index contributed by atoms with van der Waals surface area (Å²) < 4.78 is 5.39. The molecule has 35 heavy (non-hydrogen) atoms. The van der Waals surface area contributed by atoms with E-state index in [1.54, 1.807) is 42.7 Å². The summed E-state index contributed by atoms with van der Waals surface area (Å²) in [5, 5.41) is 7.46. The van der Waals surface area contributed by atoms with Crippen molar-refractivity contribution in [3.05, 3.63) is 105 Å². The van der Waals surface area contributed by atoms with Crippen LogP contribution in [-0.2, 0) is 4.74 Å². The van der Waals surface area contributed by atoms with Crippen molar-refractivity contribution in [3.63, 3.8) is 0 Å². The third-order valence-electron chi connectivity index (χ3n) is 6.19. The Balaban J connectivity index is 1.41. The second kappa shape index (κ2) is 10.3. The van der Waals surface area contributed by atoms with Gasteiger partial charge in [0.1, 0.15) is 5.82 Å². The molecule has 2 aromatic heterocycles. The zero-order valence-corrected chi connectivity index (χ0v) is 19.7. The van der Waals surface area contributed by atoms with Crippen LogP contribution >= 0.6 is 11.6 Å². The molecule has 1 unspecified atom stereocenters. The first-order chi connectivity index (χ1) is 17.1. The number of nitrogens with one attached hydrogen (secondary N) is 3. The molecule has 0 saturated carbocycles. The SMILES string of the molecule is O=C(NC(c1ccccc1)c1c[nH]c2cc(Cl)ccc2c1=O)c1ccc(NC2CCOCC2)nc1. The van der Waals surface area contributed by atoms with E-state index in [1.807, 2.05) is 30.3 Å². The van der Waals surface area contributed by atoms with E-state index in [0.717, 1.165) is 37.4 Å². The summed E-state index contributed by atoms with van der Waals surface area (Å²) in [6.07, 6.45) is 5.04. The molecule has 1 saturated heterocycles. The summed E-state index contributed by atoms with van der Waals surface area (Å²) >= 11 is 6.08. The van der Waals surface area contributed by atoms with Crippen molar-refractivity contribution in [2.24, 2.45) is 0 Å². The van der Waals surface area contributed by atoms with Gasteiger partial charge in [0.25, 0.3) is 5.91 Å². The Morgan fingerprint density at radius 3 is 2.63 bits per heavy atom. The van der Waals surface area contributed by atoms with Crippen LogP contribution in [0.25, 0.3) is 10.9 Å². The number of fused-ring (bicyclic) bond motifs is 1. The van der Waals surface area contributed by atoms with Gasteiger partial charge in [-0.05, 0) is 48.7 Å². The summed E-state index contributed by atoms with van der Waals surface area (Å²) in [6.45, 7) is 1.47. The molecule has 178 valence electrons. The zero-order valence-electron chi connectivity index (χ0n) is 19.0. The predicted molar refractivity (Wildman–Crippen MR) is 137 cm³/mol. The lowest BCUT2D eigenvalue weighted by Gasteiger charge is -2.23. The van der Waals surface area contributed by atoms with Crippen molar-refractivity contribution in [3.8, 4) is 0 Å². The number of aromatic amines is 1. The maximum atomic E-state index is 13.4. The van der Waals surface area contributed by atoms with E-state index in [9.17, 15) is 9.59 Å². The highest BCUT2D eigenvalue weighted by Crippen LogP contribution is 2.23. The topological polar surface area (TPSA) is 96.1 Å². The first-order valence-electron chi connectivity index (χ1n) is 11.6. The van der Waals surface area contributed by atoms with Gasteiger partial charge in [0.05, 0.1) is 17.1 Å². The van der Waals surface area contributed by atoms with Crippen LogP contribution < -0.4 is 16.1 Å². The highest BCUT2D eigenvalue weighted by atomic mass is 35.5. The largest absolute Gasteiger partial charge is 0.381 e. The molecule has 5 rings (SSSR count). The van der Waals surface area contributed by atoms with Crippen LogP contribution in [0, 0.1) is 0 Å². The standard InChI is InChI=1S/C27H25ClN4O3/c28-19-7-8-21-23(14-19)29-16-22(26(21)33)25(17-4-2-1-3-5-17)32-27(34)18-6-9-24(30-15-18)31-20-10-12-35-13-11-20/h1-9,14-16,20,25H,10-13H2,(H,29,33)(H,30,31)(H,32,34). The maximum Gasteiger partial charge on any atom is 0.253 e. The number of hydrogen-bond donors (Lipinski definition) is 3. The number of benzene rings is 2. The number of carbonyl (C=O) groups is 1. The molecule has 1 amide bonds. The quantitative estimate of drug-likeness (QED) is 0.366. The Morgan fingerprint density at radius 1 is 1.09 bits per heavy atom. The van der Waals surface area contributed by atoms with Crippen LogP contribution in [0.5, 0.6) is 0 Å². The van der Waals surface area contributed by atoms with Crippen molar-refractivity contribution < 1.29 is 9.53 Å². The molecule has 3 heterocycles. The predicted octanol–water partition coefficient (Wildman–Crippen LogP) is 4.69. The summed E-state index contributed by atoms with van der Waals surface area (Å²) in [7, 11) is 0. The van der Waals surface area contributed by atoms with E-state index < -0.39 is 6.04 Å². The Labute approximate surface area is 207 Å². The third-order valence-corrected chi connectivity index (χ3v) is 6.43. The van der Waals surface area contributed by atoms with Gasteiger partial charge in [-0.3, -0.25) is 9.59 Å². The molecule has 0 bridgehead atoms. The normalized spacial score (nSPS) is 15.0. The molecule has 1 atom stereocenters. The molecule has 7 nitrogen and oxygen atoms in total. The number of anilines is 1. The molecule has 0 radical (unpaired) electrons. The van der Waals surface area contributed by atoms with Crippen LogP contribution in [0.4, 0.5) is 5.82 Å². The van der Waals surface area contributed by atoms with E-state index in [4.69, 9.17) is 16.3 Å². The smallest absolute Gasteiger partial charge is 0.253 e. The van der Waals surface area contributed by atoms with Crippen molar-refractivity contribution in [1.29, 1.82) is 0 Å². The van der Waals surface area contributed by atoms with Crippen LogP contribution in [0.15, 0.2) is 77.9 Å². The number of carbonyl (C=O) groups excluding carboxylic acids is 1. The minimum atomic E-state index is -0.646. The number of H-pyrrole nitrogens is 1. The third kappa shape index (κ3) is 5.21. The molecular weight excluding hydrogens is 464 g/mol. The fraction of sp³-hybridized carbons (Fsp3) is 0.222. The zero-order chi connectivity index (χ0) is 24.2. The van der Waals surface area contributed by atoms with Gasteiger partial charge in [0, 0.05) is 47.6 Å². The van der Waals surface area contributed by atoms with Crippen LogP contribution in [0.1, 0.15) is 40.4 Å². The van der Waals surface area contributed by atoms with Crippen molar-refractivity contribution in [2.75, 3.05) is 18.5 Å². The molecule has 8 heteroatoms. The fourth-order valence-corrected chi connectivity index (χ4v) is 4.46. The summed E-state index contributed by atoms with van der Waals surface area (Å²) in [5.74, 6) is 0.400. The Kier molecular flexibility index (Phi) is 6.79. The summed E-state index contributed by atoms with van der Waals surface area (Å²) in [4.78, 5) is 34.1. The molecule has 1 aliphatic heterocycles. The minimum Gasteiger partial charge on any atom is -0.381 e. The van der Waals surface area contributed by atoms with Gasteiger partial charge in [0.2, 0.25) is 0 Å². The monoisotopic (exact) mass is 488 g/mol. The van der Waals surface area contributed by atoms with Crippen LogP contribution in [0.2, 0.25) is 5.02 Å². The molecule has 4 aromatic rings. The molecule has 0 aliphatic carbocycles. The second-order valence-electron chi connectivity index (χ2n) is 8.54. The highest BCUT2D eigenvalue weighted by molar-refractivity contribution is 6.31. The number of aromatic nitrogens is 2. The Hall–Kier alpha value is -3.68. The number of rotatable bonds is 6. The molecular formula is C27H25ClN4O3. The fourth-order valence-electron chi connectivity index (χ4n) is 4.29.